The van der Waals surface area contributed by atoms with Crippen molar-refractivity contribution in [3.63, 3.8) is 0 Å². The van der Waals surface area contributed by atoms with Crippen LogP contribution in [0.1, 0.15) is 11.1 Å². The van der Waals surface area contributed by atoms with E-state index in [4.69, 9.17) is 0 Å². The van der Waals surface area contributed by atoms with Gasteiger partial charge in [-0.25, -0.2) is 4.39 Å². The van der Waals surface area contributed by atoms with Crippen molar-refractivity contribution in [3.8, 4) is 11.3 Å². The Morgan fingerprint density at radius 2 is 1.46 bits per heavy atom. The molecule has 5 heteroatoms. The summed E-state index contributed by atoms with van der Waals surface area (Å²) in [4.78, 5) is 0. The molecular formula is C23H16F4N+. The lowest BCUT2D eigenvalue weighted by Gasteiger charge is -2.11. The zero-order valence-corrected chi connectivity index (χ0v) is 14.7. The highest BCUT2D eigenvalue weighted by Crippen LogP contribution is 2.32. The summed E-state index contributed by atoms with van der Waals surface area (Å²) in [6.45, 7) is 0.474. The van der Waals surface area contributed by atoms with Gasteiger partial charge in [0, 0.05) is 17.2 Å². The highest BCUT2D eigenvalue weighted by Gasteiger charge is 2.30. The summed E-state index contributed by atoms with van der Waals surface area (Å²) >= 11 is 0. The van der Waals surface area contributed by atoms with Crippen LogP contribution in [0.2, 0.25) is 0 Å². The van der Waals surface area contributed by atoms with Crippen LogP contribution in [0, 0.1) is 5.82 Å². The number of rotatable bonds is 3. The fourth-order valence-corrected chi connectivity index (χ4v) is 3.36. The Bertz CT molecular complexity index is 1120. The predicted molar refractivity (Wildman–Crippen MR) is 100 cm³/mol. The largest absolute Gasteiger partial charge is 0.416 e. The van der Waals surface area contributed by atoms with Gasteiger partial charge in [0.25, 0.3) is 0 Å². The number of alkyl halides is 3. The molecule has 0 N–H and O–H groups in total. The zero-order valence-electron chi connectivity index (χ0n) is 14.7. The van der Waals surface area contributed by atoms with E-state index >= 15 is 0 Å². The standard InChI is InChI=1S/C23H16F4N/c24-20-8-4-7-17-13-14-28(15-16-5-2-1-3-6-16)22(21(17)20)18-9-11-19(12-10-18)23(25,26)27/h1-14H,15H2/q+1. The lowest BCUT2D eigenvalue weighted by atomic mass is 10.0. The van der Waals surface area contributed by atoms with Crippen LogP contribution >= 0.6 is 0 Å². The summed E-state index contributed by atoms with van der Waals surface area (Å²) in [7, 11) is 0. The van der Waals surface area contributed by atoms with Crippen LogP contribution in [-0.4, -0.2) is 0 Å². The van der Waals surface area contributed by atoms with Crippen molar-refractivity contribution >= 4 is 10.8 Å². The normalized spacial score (nSPS) is 11.7. The average Bonchev–Trinajstić information content (AvgIpc) is 2.69. The van der Waals surface area contributed by atoms with Gasteiger partial charge in [0.1, 0.15) is 5.82 Å². The second kappa shape index (κ2) is 7.08. The van der Waals surface area contributed by atoms with Crippen LogP contribution in [0.4, 0.5) is 17.6 Å². The van der Waals surface area contributed by atoms with Gasteiger partial charge in [-0.05, 0) is 35.7 Å². The van der Waals surface area contributed by atoms with Crippen LogP contribution in [-0.2, 0) is 12.7 Å². The van der Waals surface area contributed by atoms with Gasteiger partial charge in [-0.15, -0.1) is 0 Å². The summed E-state index contributed by atoms with van der Waals surface area (Å²) in [6, 6.07) is 21.1. The molecule has 0 saturated heterocycles. The third-order valence-electron chi connectivity index (χ3n) is 4.69. The number of aromatic nitrogens is 1. The van der Waals surface area contributed by atoms with Crippen molar-refractivity contribution in [1.29, 1.82) is 0 Å². The maximum atomic E-state index is 14.7. The van der Waals surface area contributed by atoms with Gasteiger partial charge in [-0.3, -0.25) is 0 Å². The van der Waals surface area contributed by atoms with Gasteiger partial charge < -0.3 is 0 Å². The maximum Gasteiger partial charge on any atom is 0.416 e. The molecule has 140 valence electrons. The SMILES string of the molecule is Fc1cccc2cc[n+](Cc3ccccc3)c(-c3ccc(C(F)(F)F)cc3)c12. The lowest BCUT2D eigenvalue weighted by Crippen LogP contribution is -2.36. The number of halogens is 4. The molecule has 0 unspecified atom stereocenters. The minimum absolute atomic E-state index is 0.390. The summed E-state index contributed by atoms with van der Waals surface area (Å²) in [6.07, 6.45) is -2.58. The number of benzene rings is 3. The van der Waals surface area contributed by atoms with Gasteiger partial charge in [-0.1, -0.05) is 42.5 Å². The first-order valence-electron chi connectivity index (χ1n) is 8.76. The van der Waals surface area contributed by atoms with E-state index in [1.165, 1.54) is 18.2 Å². The first-order chi connectivity index (χ1) is 13.4. The van der Waals surface area contributed by atoms with E-state index < -0.39 is 17.6 Å². The minimum atomic E-state index is -4.41. The Kier molecular flexibility index (Phi) is 4.59. The molecule has 0 aliphatic rings. The Hall–Kier alpha value is -3.21. The minimum Gasteiger partial charge on any atom is -0.206 e. The Balaban J connectivity index is 1.92. The molecule has 0 aliphatic heterocycles. The highest BCUT2D eigenvalue weighted by atomic mass is 19.4. The van der Waals surface area contributed by atoms with Crippen LogP contribution < -0.4 is 4.57 Å². The van der Waals surface area contributed by atoms with Crippen LogP contribution in [0.3, 0.4) is 0 Å². The molecule has 4 rings (SSSR count). The van der Waals surface area contributed by atoms with E-state index in [0.717, 1.165) is 17.7 Å². The maximum absolute atomic E-state index is 14.7. The van der Waals surface area contributed by atoms with Crippen LogP contribution in [0.25, 0.3) is 22.0 Å². The fourth-order valence-electron chi connectivity index (χ4n) is 3.36. The van der Waals surface area contributed by atoms with Crippen LogP contribution in [0.15, 0.2) is 85.1 Å². The molecule has 0 saturated carbocycles. The Labute approximate surface area is 159 Å². The van der Waals surface area contributed by atoms with E-state index in [1.54, 1.807) is 12.1 Å². The fraction of sp³-hybridized carbons (Fsp3) is 0.0870. The van der Waals surface area contributed by atoms with E-state index in [2.05, 4.69) is 0 Å². The Morgan fingerprint density at radius 1 is 0.750 bits per heavy atom. The first kappa shape index (κ1) is 18.2. The van der Waals surface area contributed by atoms with Gasteiger partial charge in [0.05, 0.1) is 10.9 Å². The average molecular weight is 382 g/mol. The number of fused-ring (bicyclic) bond motifs is 1. The van der Waals surface area contributed by atoms with Crippen molar-refractivity contribution < 1.29 is 22.1 Å². The van der Waals surface area contributed by atoms with Crippen molar-refractivity contribution in [1.82, 2.24) is 0 Å². The Morgan fingerprint density at radius 3 is 2.14 bits per heavy atom. The molecule has 28 heavy (non-hydrogen) atoms. The molecule has 0 fully saturated rings. The summed E-state index contributed by atoms with van der Waals surface area (Å²) in [5.41, 5.74) is 1.36. The number of hydrogen-bond acceptors (Lipinski definition) is 0. The molecular weight excluding hydrogens is 366 g/mol. The van der Waals surface area contributed by atoms with Gasteiger partial charge in [0.15, 0.2) is 12.7 Å². The number of pyridine rings is 1. The van der Waals surface area contributed by atoms with E-state index in [9.17, 15) is 17.6 Å². The molecule has 0 spiro atoms. The molecule has 3 aromatic carbocycles. The molecule has 0 aliphatic carbocycles. The third-order valence-corrected chi connectivity index (χ3v) is 4.69. The molecule has 4 aromatic rings. The molecule has 0 bridgehead atoms. The van der Waals surface area contributed by atoms with Crippen LogP contribution in [0.5, 0.6) is 0 Å². The van der Waals surface area contributed by atoms with E-state index in [0.29, 0.717) is 28.6 Å². The second-order valence-electron chi connectivity index (χ2n) is 6.56. The number of nitrogens with zero attached hydrogens (tertiary/aromatic N) is 1. The molecule has 1 heterocycles. The summed E-state index contributed by atoms with van der Waals surface area (Å²) in [5, 5.41) is 1.08. The van der Waals surface area contributed by atoms with E-state index in [1.807, 2.05) is 47.2 Å². The molecule has 1 aromatic heterocycles. The van der Waals surface area contributed by atoms with Gasteiger partial charge >= 0.3 is 6.18 Å². The van der Waals surface area contributed by atoms with Gasteiger partial charge in [0.2, 0.25) is 5.69 Å². The van der Waals surface area contributed by atoms with Crippen molar-refractivity contribution in [3.05, 3.63) is 102 Å². The zero-order chi connectivity index (χ0) is 19.7. The number of hydrogen-bond donors (Lipinski definition) is 0. The summed E-state index contributed by atoms with van der Waals surface area (Å²) < 4.78 is 55.4. The van der Waals surface area contributed by atoms with E-state index in [-0.39, 0.29) is 0 Å². The lowest BCUT2D eigenvalue weighted by molar-refractivity contribution is -0.676. The summed E-state index contributed by atoms with van der Waals surface area (Å²) in [5.74, 6) is -0.408. The molecule has 0 atom stereocenters. The predicted octanol–water partition coefficient (Wildman–Crippen LogP) is 6.00. The highest BCUT2D eigenvalue weighted by molar-refractivity contribution is 5.93. The molecule has 1 nitrogen and oxygen atoms in total. The van der Waals surface area contributed by atoms with Crippen molar-refractivity contribution in [2.24, 2.45) is 0 Å². The first-order valence-corrected chi connectivity index (χ1v) is 8.76. The van der Waals surface area contributed by atoms with Crippen molar-refractivity contribution in [2.75, 3.05) is 0 Å². The van der Waals surface area contributed by atoms with Crippen molar-refractivity contribution in [2.45, 2.75) is 12.7 Å². The molecule has 0 radical (unpaired) electrons. The third kappa shape index (κ3) is 3.48. The second-order valence-corrected chi connectivity index (χ2v) is 6.56. The topological polar surface area (TPSA) is 3.88 Å². The quantitative estimate of drug-likeness (QED) is 0.302. The smallest absolute Gasteiger partial charge is 0.206 e. The molecule has 0 amide bonds. The monoisotopic (exact) mass is 382 g/mol. The van der Waals surface area contributed by atoms with Gasteiger partial charge in [-0.2, -0.15) is 17.7 Å².